The first kappa shape index (κ1) is 30.6. The van der Waals surface area contributed by atoms with Gasteiger partial charge in [-0.1, -0.05) is 51.5 Å². The Labute approximate surface area is 201 Å². The standard InChI is InChI=1S/C18H31F2N9.C5H8/c1-4-12(5-2)8-28(24)10-16(21)13-6-14(17(22)26-7-13)18(27-23)29(25)9-15(20)11(3)19;1-3-5-4-2/h6-7,10,12H,4-5,8-9,21,23-25H2,1-3H3,(H2,22,26);3-5H,1H2,2H3/b15-11-,16-10-,27-18-;5-4-. The fourth-order valence-corrected chi connectivity index (χ4v) is 2.73. The van der Waals surface area contributed by atoms with Gasteiger partial charge in [0.05, 0.1) is 17.8 Å². The maximum Gasteiger partial charge on any atom is 0.173 e. The molecule has 0 aliphatic carbocycles. The van der Waals surface area contributed by atoms with Gasteiger partial charge in [-0.25, -0.2) is 25.5 Å². The summed E-state index contributed by atoms with van der Waals surface area (Å²) in [6, 6.07) is 1.55. The topological polar surface area (TPSA) is 162 Å². The zero-order valence-corrected chi connectivity index (χ0v) is 20.5. The van der Waals surface area contributed by atoms with Crippen LogP contribution in [0.4, 0.5) is 14.6 Å². The molecule has 1 rings (SSSR count). The van der Waals surface area contributed by atoms with Gasteiger partial charge < -0.3 is 22.3 Å². The molecule has 10 N–H and O–H groups in total. The van der Waals surface area contributed by atoms with Crippen LogP contribution in [0, 0.1) is 5.92 Å². The van der Waals surface area contributed by atoms with Gasteiger partial charge in [0.2, 0.25) is 0 Å². The van der Waals surface area contributed by atoms with Crippen molar-refractivity contribution >= 4 is 17.4 Å². The van der Waals surface area contributed by atoms with Crippen LogP contribution >= 0.6 is 0 Å². The lowest BCUT2D eigenvalue weighted by Crippen LogP contribution is -2.40. The minimum absolute atomic E-state index is 0.0455. The Morgan fingerprint density at radius 2 is 1.88 bits per heavy atom. The summed E-state index contributed by atoms with van der Waals surface area (Å²) in [7, 11) is 0. The predicted octanol–water partition coefficient (Wildman–Crippen LogP) is 3.25. The van der Waals surface area contributed by atoms with E-state index < -0.39 is 18.2 Å². The molecule has 1 aromatic rings. The second kappa shape index (κ2) is 16.2. The lowest BCUT2D eigenvalue weighted by atomic mass is 10.0. The van der Waals surface area contributed by atoms with E-state index in [4.69, 9.17) is 29.0 Å². The van der Waals surface area contributed by atoms with Crippen molar-refractivity contribution in [2.45, 2.75) is 40.5 Å². The summed E-state index contributed by atoms with van der Waals surface area (Å²) in [6.45, 7) is 10.7. The van der Waals surface area contributed by atoms with Crippen LogP contribution in [-0.4, -0.2) is 33.9 Å². The summed E-state index contributed by atoms with van der Waals surface area (Å²) < 4.78 is 26.6. The molecule has 9 nitrogen and oxygen atoms in total. The van der Waals surface area contributed by atoms with Crippen LogP contribution in [0.2, 0.25) is 0 Å². The SMILES string of the molecule is C=C/C=C\C.CCC(CC)CN(N)/C=C(\N)c1cnc(N)c(/C(=N/N)N(N)C/C(F)=C(\C)F)c1. The van der Waals surface area contributed by atoms with Gasteiger partial charge in [-0.3, -0.25) is 5.01 Å². The van der Waals surface area contributed by atoms with Crippen LogP contribution in [0.5, 0.6) is 0 Å². The molecule has 34 heavy (non-hydrogen) atoms. The van der Waals surface area contributed by atoms with E-state index >= 15 is 0 Å². The van der Waals surface area contributed by atoms with Crippen LogP contribution in [0.15, 0.2) is 60.0 Å². The average molecular weight is 480 g/mol. The van der Waals surface area contributed by atoms with Gasteiger partial charge in [-0.15, -0.1) is 0 Å². The minimum atomic E-state index is -1.06. The van der Waals surface area contributed by atoms with Crippen molar-refractivity contribution in [1.29, 1.82) is 0 Å². The number of aromatic nitrogens is 1. The second-order valence-corrected chi connectivity index (χ2v) is 7.40. The third-order valence-corrected chi connectivity index (χ3v) is 4.83. The number of nitrogens with two attached hydrogens (primary N) is 5. The number of allylic oxidation sites excluding steroid dienone is 4. The molecule has 0 amide bonds. The molecule has 0 atom stereocenters. The number of hydrogen-bond donors (Lipinski definition) is 5. The largest absolute Gasteiger partial charge is 0.397 e. The first-order chi connectivity index (χ1) is 16.1. The summed E-state index contributed by atoms with van der Waals surface area (Å²) in [4.78, 5) is 4.07. The molecule has 0 unspecified atom stereocenters. The number of hydrogen-bond acceptors (Lipinski definition) is 8. The van der Waals surface area contributed by atoms with Crippen LogP contribution < -0.4 is 29.0 Å². The number of hydrazone groups is 1. The third-order valence-electron chi connectivity index (χ3n) is 4.83. The summed E-state index contributed by atoms with van der Waals surface area (Å²) in [5.74, 6) is 15.6. The van der Waals surface area contributed by atoms with E-state index in [9.17, 15) is 8.78 Å². The number of hydrazine groups is 2. The molecular weight excluding hydrogens is 440 g/mol. The van der Waals surface area contributed by atoms with Crippen LogP contribution in [0.1, 0.15) is 51.7 Å². The predicted molar refractivity (Wildman–Crippen MR) is 137 cm³/mol. The molecule has 11 heteroatoms. The van der Waals surface area contributed by atoms with Crippen molar-refractivity contribution in [2.24, 2.45) is 34.3 Å². The van der Waals surface area contributed by atoms with E-state index in [1.807, 2.05) is 19.1 Å². The highest BCUT2D eigenvalue weighted by atomic mass is 19.2. The van der Waals surface area contributed by atoms with E-state index in [0.29, 0.717) is 23.7 Å². The fourth-order valence-electron chi connectivity index (χ4n) is 2.73. The summed E-state index contributed by atoms with van der Waals surface area (Å²) in [6.07, 6.45) is 10.6. The normalized spacial score (nSPS) is 12.9. The highest BCUT2D eigenvalue weighted by Crippen LogP contribution is 2.19. The monoisotopic (exact) mass is 479 g/mol. The van der Waals surface area contributed by atoms with Gasteiger partial charge >= 0.3 is 0 Å². The number of anilines is 1. The van der Waals surface area contributed by atoms with Gasteiger partial charge in [0.1, 0.15) is 11.6 Å². The summed E-state index contributed by atoms with van der Waals surface area (Å²) >= 11 is 0. The zero-order chi connectivity index (χ0) is 26.3. The van der Waals surface area contributed by atoms with Crippen molar-refractivity contribution in [3.63, 3.8) is 0 Å². The fraction of sp³-hybridized carbons (Fsp3) is 0.391. The van der Waals surface area contributed by atoms with Crippen molar-refractivity contribution < 1.29 is 8.78 Å². The molecule has 0 radical (unpaired) electrons. The molecule has 190 valence electrons. The molecular formula is C23H39F2N9. The maximum atomic E-state index is 13.6. The first-order valence-electron chi connectivity index (χ1n) is 10.8. The molecule has 0 aromatic carbocycles. The Bertz CT molecular complexity index is 886. The van der Waals surface area contributed by atoms with Gasteiger partial charge in [-0.05, 0) is 25.8 Å². The Balaban J connectivity index is 0.00000196. The number of nitrogen functional groups attached to an aromatic ring is 1. The molecule has 0 spiro atoms. The number of amidine groups is 1. The van der Waals surface area contributed by atoms with E-state index in [1.54, 1.807) is 18.3 Å². The number of rotatable bonds is 10. The number of halogens is 2. The van der Waals surface area contributed by atoms with Crippen LogP contribution in [-0.2, 0) is 0 Å². The molecule has 0 saturated heterocycles. The zero-order valence-electron chi connectivity index (χ0n) is 20.5. The molecule has 0 bridgehead atoms. The van der Waals surface area contributed by atoms with E-state index in [-0.39, 0.29) is 17.2 Å². The smallest absolute Gasteiger partial charge is 0.173 e. The Morgan fingerprint density at radius 1 is 1.26 bits per heavy atom. The van der Waals surface area contributed by atoms with Crippen molar-refractivity contribution in [3.8, 4) is 0 Å². The maximum absolute atomic E-state index is 13.6. The molecule has 0 aliphatic heterocycles. The van der Waals surface area contributed by atoms with Crippen molar-refractivity contribution in [2.75, 3.05) is 18.8 Å². The Hall–Kier alpha value is -3.44. The van der Waals surface area contributed by atoms with Gasteiger partial charge in [-0.2, -0.15) is 5.10 Å². The molecule has 1 heterocycles. The van der Waals surface area contributed by atoms with E-state index in [1.165, 1.54) is 11.2 Å². The number of pyridine rings is 1. The van der Waals surface area contributed by atoms with E-state index in [2.05, 4.69) is 30.5 Å². The lowest BCUT2D eigenvalue weighted by Gasteiger charge is -2.22. The van der Waals surface area contributed by atoms with Gasteiger partial charge in [0.25, 0.3) is 0 Å². The van der Waals surface area contributed by atoms with Crippen LogP contribution in [0.3, 0.4) is 0 Å². The third kappa shape index (κ3) is 10.5. The molecule has 0 aliphatic rings. The second-order valence-electron chi connectivity index (χ2n) is 7.40. The van der Waals surface area contributed by atoms with Gasteiger partial charge in [0, 0.05) is 24.5 Å². The minimum Gasteiger partial charge on any atom is -0.397 e. The van der Waals surface area contributed by atoms with Crippen LogP contribution in [0.25, 0.3) is 5.70 Å². The number of nitrogens with zero attached hydrogens (tertiary/aromatic N) is 4. The Kier molecular flexibility index (Phi) is 14.6. The van der Waals surface area contributed by atoms with Crippen molar-refractivity contribution in [1.82, 2.24) is 15.0 Å². The summed E-state index contributed by atoms with van der Waals surface area (Å²) in [5, 5.41) is 5.89. The quantitative estimate of drug-likeness (QED) is 0.112. The first-order valence-corrected chi connectivity index (χ1v) is 10.8. The highest BCUT2D eigenvalue weighted by molar-refractivity contribution is 6.02. The molecule has 0 fully saturated rings. The average Bonchev–Trinajstić information content (AvgIpc) is 2.79. The summed E-state index contributed by atoms with van der Waals surface area (Å²) in [5.41, 5.74) is 13.1. The lowest BCUT2D eigenvalue weighted by molar-refractivity contribution is 0.304. The highest BCUT2D eigenvalue weighted by Gasteiger charge is 2.18. The Morgan fingerprint density at radius 3 is 2.32 bits per heavy atom. The molecule has 0 saturated carbocycles. The van der Waals surface area contributed by atoms with Gasteiger partial charge in [0.15, 0.2) is 11.7 Å². The molecule has 1 aromatic heterocycles. The van der Waals surface area contributed by atoms with Crippen molar-refractivity contribution in [3.05, 3.63) is 66.1 Å². The van der Waals surface area contributed by atoms with E-state index in [0.717, 1.165) is 24.8 Å².